The Morgan fingerprint density at radius 2 is 2.07 bits per heavy atom. The van der Waals surface area contributed by atoms with Crippen LogP contribution >= 0.6 is 0 Å². The van der Waals surface area contributed by atoms with Crippen LogP contribution in [0.15, 0.2) is 49.3 Å². The number of methoxy groups -OCH3 is 1. The van der Waals surface area contributed by atoms with E-state index in [0.717, 1.165) is 13.0 Å². The molecule has 3 aromatic rings. The van der Waals surface area contributed by atoms with Gasteiger partial charge in [0.2, 0.25) is 11.6 Å². The third kappa shape index (κ3) is 4.48. The zero-order valence-electron chi connectivity index (χ0n) is 14.7. The maximum Gasteiger partial charge on any atom is 0.353 e. The van der Waals surface area contributed by atoms with Crippen molar-refractivity contribution in [1.29, 1.82) is 0 Å². The molecule has 2 heterocycles. The van der Waals surface area contributed by atoms with Crippen LogP contribution in [-0.2, 0) is 6.54 Å². The predicted molar refractivity (Wildman–Crippen MR) is 100 cm³/mol. The second-order valence-corrected chi connectivity index (χ2v) is 5.58. The SMILES string of the molecule is COc1ccccc1Nc1ncnc(NCCCn2ccnc2)c1[N+](=O)[O-]. The van der Waals surface area contributed by atoms with Gasteiger partial charge in [0.25, 0.3) is 0 Å². The second-order valence-electron chi connectivity index (χ2n) is 5.58. The van der Waals surface area contributed by atoms with E-state index in [2.05, 4.69) is 25.6 Å². The van der Waals surface area contributed by atoms with Crippen LogP contribution in [0.25, 0.3) is 0 Å². The van der Waals surface area contributed by atoms with Crippen LogP contribution in [0.3, 0.4) is 0 Å². The number of hydrogen-bond donors (Lipinski definition) is 2. The first-order valence-electron chi connectivity index (χ1n) is 8.28. The molecule has 0 aliphatic heterocycles. The molecule has 0 spiro atoms. The number of aryl methyl sites for hydroxylation is 1. The highest BCUT2D eigenvalue weighted by Crippen LogP contribution is 2.33. The molecule has 0 saturated carbocycles. The summed E-state index contributed by atoms with van der Waals surface area (Å²) < 4.78 is 7.20. The summed E-state index contributed by atoms with van der Waals surface area (Å²) in [5.41, 5.74) is 0.360. The molecule has 0 atom stereocenters. The Hall–Kier alpha value is -3.69. The summed E-state index contributed by atoms with van der Waals surface area (Å²) >= 11 is 0. The van der Waals surface area contributed by atoms with Crippen molar-refractivity contribution < 1.29 is 9.66 Å². The highest BCUT2D eigenvalue weighted by molar-refractivity contribution is 5.75. The average molecular weight is 369 g/mol. The molecule has 0 fully saturated rings. The zero-order chi connectivity index (χ0) is 19.1. The fourth-order valence-corrected chi connectivity index (χ4v) is 2.54. The van der Waals surface area contributed by atoms with Gasteiger partial charge in [0, 0.05) is 25.5 Å². The van der Waals surface area contributed by atoms with E-state index in [1.54, 1.807) is 30.7 Å². The summed E-state index contributed by atoms with van der Waals surface area (Å²) in [5, 5.41) is 17.6. The number of benzene rings is 1. The first-order chi connectivity index (χ1) is 13.2. The number of hydrogen-bond acceptors (Lipinski definition) is 8. The van der Waals surface area contributed by atoms with Crippen LogP contribution in [0.4, 0.5) is 23.0 Å². The van der Waals surface area contributed by atoms with Crippen molar-refractivity contribution in [3.05, 3.63) is 59.4 Å². The quantitative estimate of drug-likeness (QED) is 0.336. The molecule has 3 rings (SSSR count). The lowest BCUT2D eigenvalue weighted by molar-refractivity contribution is -0.383. The van der Waals surface area contributed by atoms with Gasteiger partial charge in [-0.25, -0.2) is 15.0 Å². The zero-order valence-corrected chi connectivity index (χ0v) is 14.7. The minimum atomic E-state index is -0.504. The molecule has 10 heteroatoms. The summed E-state index contributed by atoms with van der Waals surface area (Å²) in [6, 6.07) is 7.12. The third-order valence-electron chi connectivity index (χ3n) is 3.81. The topological polar surface area (TPSA) is 120 Å². The Morgan fingerprint density at radius 3 is 2.81 bits per heavy atom. The van der Waals surface area contributed by atoms with Gasteiger partial charge in [-0.3, -0.25) is 10.1 Å². The molecule has 0 bridgehead atoms. The average Bonchev–Trinajstić information content (AvgIpc) is 3.19. The minimum absolute atomic E-state index is 0.0941. The predicted octanol–water partition coefficient (Wildman–Crippen LogP) is 2.84. The number of nitro groups is 1. The standard InChI is InChI=1S/C17H19N7O3/c1-27-14-6-3-2-5-13(14)22-17-15(24(25)26)16(20-11-21-17)19-7-4-9-23-10-8-18-12-23/h2-3,5-6,8,10-12H,4,7,9H2,1H3,(H2,19,20,21,22). The van der Waals surface area contributed by atoms with E-state index in [1.807, 2.05) is 16.8 Å². The lowest BCUT2D eigenvalue weighted by Gasteiger charge is -2.12. The maximum absolute atomic E-state index is 11.6. The summed E-state index contributed by atoms with van der Waals surface area (Å²) in [4.78, 5) is 23.1. The van der Waals surface area contributed by atoms with E-state index in [1.165, 1.54) is 13.4 Å². The largest absolute Gasteiger partial charge is 0.495 e. The Bertz CT molecular complexity index is 899. The molecular weight excluding hydrogens is 350 g/mol. The molecule has 2 aromatic heterocycles. The van der Waals surface area contributed by atoms with E-state index in [9.17, 15) is 10.1 Å². The van der Waals surface area contributed by atoms with E-state index in [0.29, 0.717) is 18.0 Å². The van der Waals surface area contributed by atoms with Gasteiger partial charge in [0.1, 0.15) is 12.1 Å². The third-order valence-corrected chi connectivity index (χ3v) is 3.81. The number of anilines is 3. The van der Waals surface area contributed by atoms with Crippen molar-refractivity contribution in [3.63, 3.8) is 0 Å². The van der Waals surface area contributed by atoms with Crippen LogP contribution in [0.1, 0.15) is 6.42 Å². The fraction of sp³-hybridized carbons (Fsp3) is 0.235. The second kappa shape index (κ2) is 8.61. The highest BCUT2D eigenvalue weighted by atomic mass is 16.6. The van der Waals surface area contributed by atoms with Crippen LogP contribution in [-0.4, -0.2) is 38.1 Å². The Labute approximate surface area is 155 Å². The molecule has 27 heavy (non-hydrogen) atoms. The number of ether oxygens (including phenoxy) is 1. The lowest BCUT2D eigenvalue weighted by atomic mass is 10.3. The number of para-hydroxylation sites is 2. The lowest BCUT2D eigenvalue weighted by Crippen LogP contribution is -2.11. The molecule has 2 N–H and O–H groups in total. The Balaban J connectivity index is 1.75. The summed E-state index contributed by atoms with van der Waals surface area (Å²) in [5.74, 6) is 0.815. The van der Waals surface area contributed by atoms with Gasteiger partial charge in [-0.05, 0) is 18.6 Å². The fourth-order valence-electron chi connectivity index (χ4n) is 2.54. The highest BCUT2D eigenvalue weighted by Gasteiger charge is 2.23. The molecule has 0 unspecified atom stereocenters. The van der Waals surface area contributed by atoms with E-state index in [4.69, 9.17) is 4.74 Å². The molecule has 10 nitrogen and oxygen atoms in total. The molecule has 1 aromatic carbocycles. The van der Waals surface area contributed by atoms with E-state index >= 15 is 0 Å². The number of aromatic nitrogens is 4. The summed E-state index contributed by atoms with van der Waals surface area (Å²) in [7, 11) is 1.53. The maximum atomic E-state index is 11.6. The van der Waals surface area contributed by atoms with Gasteiger partial charge in [-0.15, -0.1) is 0 Å². The van der Waals surface area contributed by atoms with Gasteiger partial charge >= 0.3 is 5.69 Å². The molecule has 0 saturated heterocycles. The molecule has 0 radical (unpaired) electrons. The first-order valence-corrected chi connectivity index (χ1v) is 8.28. The van der Waals surface area contributed by atoms with Crippen molar-refractivity contribution in [2.75, 3.05) is 24.3 Å². The van der Waals surface area contributed by atoms with E-state index in [-0.39, 0.29) is 17.3 Å². The van der Waals surface area contributed by atoms with Crippen molar-refractivity contribution >= 4 is 23.0 Å². The minimum Gasteiger partial charge on any atom is -0.495 e. The van der Waals surface area contributed by atoms with Gasteiger partial charge in [-0.2, -0.15) is 0 Å². The normalized spacial score (nSPS) is 10.4. The van der Waals surface area contributed by atoms with Gasteiger partial charge < -0.3 is 19.9 Å². The van der Waals surface area contributed by atoms with Crippen LogP contribution in [0.5, 0.6) is 5.75 Å². The van der Waals surface area contributed by atoms with Gasteiger partial charge in [0.05, 0.1) is 24.0 Å². The molecule has 0 aliphatic rings. The molecule has 0 amide bonds. The summed E-state index contributed by atoms with van der Waals surface area (Å²) in [6.45, 7) is 1.27. The van der Waals surface area contributed by atoms with E-state index < -0.39 is 4.92 Å². The van der Waals surface area contributed by atoms with Crippen LogP contribution < -0.4 is 15.4 Å². The Morgan fingerprint density at radius 1 is 1.26 bits per heavy atom. The van der Waals surface area contributed by atoms with Crippen molar-refractivity contribution in [2.45, 2.75) is 13.0 Å². The van der Waals surface area contributed by atoms with Crippen molar-refractivity contribution in [3.8, 4) is 5.75 Å². The number of rotatable bonds is 9. The number of nitrogens with one attached hydrogen (secondary N) is 2. The van der Waals surface area contributed by atoms with Gasteiger partial charge in [-0.1, -0.05) is 12.1 Å². The number of imidazole rings is 1. The molecule has 0 aliphatic carbocycles. The van der Waals surface area contributed by atoms with Crippen LogP contribution in [0.2, 0.25) is 0 Å². The Kier molecular flexibility index (Phi) is 5.77. The first kappa shape index (κ1) is 18.1. The summed E-state index contributed by atoms with van der Waals surface area (Å²) in [6.07, 6.45) is 7.33. The van der Waals surface area contributed by atoms with Gasteiger partial charge in [0.15, 0.2) is 0 Å². The smallest absolute Gasteiger partial charge is 0.353 e. The molecule has 140 valence electrons. The van der Waals surface area contributed by atoms with Crippen molar-refractivity contribution in [2.24, 2.45) is 0 Å². The molecular formula is C17H19N7O3. The monoisotopic (exact) mass is 369 g/mol. The van der Waals surface area contributed by atoms with Crippen LogP contribution in [0, 0.1) is 10.1 Å². The number of nitrogens with zero attached hydrogens (tertiary/aromatic N) is 5. The van der Waals surface area contributed by atoms with Crippen molar-refractivity contribution in [1.82, 2.24) is 19.5 Å².